The van der Waals surface area contributed by atoms with Gasteiger partial charge in [0.2, 0.25) is 0 Å². The molecule has 0 saturated heterocycles. The van der Waals surface area contributed by atoms with Crippen LogP contribution in [0.3, 0.4) is 0 Å². The number of nitrogens with zero attached hydrogens (tertiary/aromatic N) is 3. The summed E-state index contributed by atoms with van der Waals surface area (Å²) in [4.78, 5) is 12.6. The number of hydrogen-bond acceptors (Lipinski definition) is 3. The molecule has 3 heterocycles. The van der Waals surface area contributed by atoms with Crippen molar-refractivity contribution < 1.29 is 0 Å². The number of pyridine rings is 3. The van der Waals surface area contributed by atoms with Crippen LogP contribution in [0, 0.1) is 62.3 Å². The van der Waals surface area contributed by atoms with Crippen molar-refractivity contribution in [2.45, 2.75) is 62.3 Å². The molecule has 0 aliphatic heterocycles. The summed E-state index contributed by atoms with van der Waals surface area (Å²) >= 11 is 0. The van der Waals surface area contributed by atoms with Gasteiger partial charge in [0, 0.05) is 35.2 Å². The van der Waals surface area contributed by atoms with Crippen molar-refractivity contribution in [2.75, 3.05) is 0 Å². The van der Waals surface area contributed by atoms with Crippen molar-refractivity contribution >= 4 is 0 Å². The van der Waals surface area contributed by atoms with E-state index in [4.69, 9.17) is 0 Å². The number of rotatable bonds is 0. The van der Waals surface area contributed by atoms with Crippen LogP contribution < -0.4 is 0 Å². The van der Waals surface area contributed by atoms with Gasteiger partial charge in [-0.05, 0) is 102 Å². The van der Waals surface area contributed by atoms with Gasteiger partial charge in [-0.3, -0.25) is 15.0 Å². The van der Waals surface area contributed by atoms with E-state index >= 15 is 0 Å². The molecule has 0 saturated carbocycles. The average molecular weight is 364 g/mol. The molecule has 3 nitrogen and oxygen atoms in total. The summed E-state index contributed by atoms with van der Waals surface area (Å²) in [5, 5.41) is 0. The van der Waals surface area contributed by atoms with Crippen molar-refractivity contribution in [2.24, 2.45) is 0 Å². The van der Waals surface area contributed by atoms with Gasteiger partial charge >= 0.3 is 0 Å². The Morgan fingerprint density at radius 2 is 1.19 bits per heavy atom. The quantitative estimate of drug-likeness (QED) is 0.490. The highest BCUT2D eigenvalue weighted by molar-refractivity contribution is 5.23. The molecule has 27 heavy (non-hydrogen) atoms. The highest BCUT2D eigenvalue weighted by Gasteiger charge is 1.92. The maximum absolute atomic E-state index is 4.27. The van der Waals surface area contributed by atoms with E-state index in [2.05, 4.69) is 67.8 Å². The van der Waals surface area contributed by atoms with Crippen molar-refractivity contribution in [3.8, 4) is 0 Å². The van der Waals surface area contributed by atoms with Gasteiger partial charge in [0.15, 0.2) is 0 Å². The molecule has 0 bridgehead atoms. The molecular formula is C24H33N3. The molecule has 0 aliphatic rings. The standard InChI is InChI=1S/3C8H11N/c1-6-4-8(3)9-5-7(6)2;1-6-4-7(2)8(3)9-5-6;1-6-4-5-7(2)9-8(6)3/h3*4-5H,1-3H3. The molecule has 0 aromatic carbocycles. The maximum atomic E-state index is 4.27. The Bertz CT molecular complexity index is 765. The lowest BCUT2D eigenvalue weighted by atomic mass is 10.2. The summed E-state index contributed by atoms with van der Waals surface area (Å²) in [6.45, 7) is 18.4. The van der Waals surface area contributed by atoms with E-state index in [1.165, 1.54) is 27.8 Å². The molecular weight excluding hydrogens is 330 g/mol. The molecule has 0 fully saturated rings. The SMILES string of the molecule is Cc1cc(C)c(C)cn1.Cc1ccc(C)c(C)n1.Cc1cnc(C)c(C)c1. The Morgan fingerprint density at radius 3 is 1.63 bits per heavy atom. The average Bonchev–Trinajstić information content (AvgIpc) is 2.60. The molecule has 3 rings (SSSR count). The molecule has 0 unspecified atom stereocenters. The summed E-state index contributed by atoms with van der Waals surface area (Å²) in [7, 11) is 0. The Hall–Kier alpha value is -2.55. The minimum absolute atomic E-state index is 1.10. The van der Waals surface area contributed by atoms with Crippen LogP contribution in [0.25, 0.3) is 0 Å². The van der Waals surface area contributed by atoms with E-state index in [1.807, 2.05) is 46.2 Å². The minimum Gasteiger partial charge on any atom is -0.261 e. The lowest BCUT2D eigenvalue weighted by molar-refractivity contribution is 1.09. The van der Waals surface area contributed by atoms with Crippen LogP contribution in [0.5, 0.6) is 0 Å². The van der Waals surface area contributed by atoms with Crippen molar-refractivity contribution in [1.29, 1.82) is 0 Å². The first-order valence-corrected chi connectivity index (χ1v) is 9.30. The second kappa shape index (κ2) is 10.6. The van der Waals surface area contributed by atoms with Crippen molar-refractivity contribution in [1.82, 2.24) is 15.0 Å². The summed E-state index contributed by atoms with van der Waals surface area (Å²) in [6.07, 6.45) is 3.80. The Labute approximate surface area is 165 Å². The molecule has 0 spiro atoms. The van der Waals surface area contributed by atoms with E-state index in [1.54, 1.807) is 0 Å². The third-order valence-corrected chi connectivity index (χ3v) is 4.48. The fourth-order valence-corrected chi connectivity index (χ4v) is 2.30. The summed E-state index contributed by atoms with van der Waals surface area (Å²) in [5.41, 5.74) is 10.8. The van der Waals surface area contributed by atoms with E-state index in [0.717, 1.165) is 22.8 Å². The summed E-state index contributed by atoms with van der Waals surface area (Å²) in [6, 6.07) is 8.36. The van der Waals surface area contributed by atoms with Gasteiger partial charge in [0.05, 0.1) is 0 Å². The van der Waals surface area contributed by atoms with Crippen molar-refractivity contribution in [3.63, 3.8) is 0 Å². The molecule has 3 aromatic heterocycles. The Balaban J connectivity index is 0.000000202. The zero-order chi connectivity index (χ0) is 20.6. The van der Waals surface area contributed by atoms with Gasteiger partial charge in [0.1, 0.15) is 0 Å². The lowest BCUT2D eigenvalue weighted by Crippen LogP contribution is -1.87. The predicted molar refractivity (Wildman–Crippen MR) is 115 cm³/mol. The first kappa shape index (κ1) is 22.5. The van der Waals surface area contributed by atoms with Gasteiger partial charge in [-0.2, -0.15) is 0 Å². The van der Waals surface area contributed by atoms with Crippen LogP contribution in [0.4, 0.5) is 0 Å². The van der Waals surface area contributed by atoms with E-state index in [9.17, 15) is 0 Å². The second-order valence-electron chi connectivity index (χ2n) is 7.18. The monoisotopic (exact) mass is 363 g/mol. The largest absolute Gasteiger partial charge is 0.261 e. The number of aromatic nitrogens is 3. The third kappa shape index (κ3) is 8.12. The van der Waals surface area contributed by atoms with E-state index in [-0.39, 0.29) is 0 Å². The highest BCUT2D eigenvalue weighted by atomic mass is 14.7. The molecule has 3 heteroatoms. The van der Waals surface area contributed by atoms with Crippen LogP contribution >= 0.6 is 0 Å². The van der Waals surface area contributed by atoms with Gasteiger partial charge in [-0.15, -0.1) is 0 Å². The number of hydrogen-bond donors (Lipinski definition) is 0. The van der Waals surface area contributed by atoms with E-state index in [0.29, 0.717) is 0 Å². The second-order valence-corrected chi connectivity index (χ2v) is 7.18. The molecule has 0 radical (unpaired) electrons. The van der Waals surface area contributed by atoms with Gasteiger partial charge in [0.25, 0.3) is 0 Å². The van der Waals surface area contributed by atoms with E-state index < -0.39 is 0 Å². The van der Waals surface area contributed by atoms with Gasteiger partial charge in [-0.25, -0.2) is 0 Å². The van der Waals surface area contributed by atoms with Crippen LogP contribution in [0.1, 0.15) is 50.6 Å². The Kier molecular flexibility index (Phi) is 8.80. The minimum atomic E-state index is 1.10. The first-order chi connectivity index (χ1) is 12.6. The molecule has 0 amide bonds. The zero-order valence-corrected chi connectivity index (χ0v) is 18.3. The maximum Gasteiger partial charge on any atom is 0.0404 e. The normalized spacial score (nSPS) is 9.67. The molecule has 0 atom stereocenters. The lowest BCUT2D eigenvalue weighted by Gasteiger charge is -1.97. The summed E-state index contributed by atoms with van der Waals surface area (Å²) < 4.78 is 0. The smallest absolute Gasteiger partial charge is 0.0404 e. The van der Waals surface area contributed by atoms with Crippen LogP contribution in [0.2, 0.25) is 0 Å². The Morgan fingerprint density at radius 1 is 0.519 bits per heavy atom. The number of aryl methyl sites for hydroxylation is 9. The molecule has 3 aromatic rings. The van der Waals surface area contributed by atoms with Crippen LogP contribution in [-0.4, -0.2) is 15.0 Å². The van der Waals surface area contributed by atoms with Crippen LogP contribution in [0.15, 0.2) is 36.7 Å². The first-order valence-electron chi connectivity index (χ1n) is 9.30. The van der Waals surface area contributed by atoms with Gasteiger partial charge in [-0.1, -0.05) is 12.1 Å². The molecule has 144 valence electrons. The molecule has 0 N–H and O–H groups in total. The van der Waals surface area contributed by atoms with Crippen molar-refractivity contribution in [3.05, 3.63) is 87.3 Å². The summed E-state index contributed by atoms with van der Waals surface area (Å²) in [5.74, 6) is 0. The fraction of sp³-hybridized carbons (Fsp3) is 0.375. The fourth-order valence-electron chi connectivity index (χ4n) is 2.30. The topological polar surface area (TPSA) is 38.7 Å². The van der Waals surface area contributed by atoms with Crippen LogP contribution in [-0.2, 0) is 0 Å². The third-order valence-electron chi connectivity index (χ3n) is 4.48. The predicted octanol–water partition coefficient (Wildman–Crippen LogP) is 6.02. The zero-order valence-electron chi connectivity index (χ0n) is 18.3. The highest BCUT2D eigenvalue weighted by Crippen LogP contribution is 2.05. The molecule has 0 aliphatic carbocycles. The van der Waals surface area contributed by atoms with Gasteiger partial charge < -0.3 is 0 Å².